The Morgan fingerprint density at radius 2 is 2.18 bits per heavy atom. The largest absolute Gasteiger partial charge is 0.296 e. The fourth-order valence-electron chi connectivity index (χ4n) is 1.95. The van der Waals surface area contributed by atoms with Crippen LogP contribution >= 0.6 is 11.3 Å². The molecule has 0 radical (unpaired) electrons. The zero-order valence-electron chi connectivity index (χ0n) is 12.0. The van der Waals surface area contributed by atoms with Crippen LogP contribution in [-0.2, 0) is 6.42 Å². The number of nitrogens with zero attached hydrogens (tertiary/aromatic N) is 4. The van der Waals surface area contributed by atoms with E-state index in [1.165, 1.54) is 21.9 Å². The normalized spacial score (nSPS) is 10.8. The third kappa shape index (κ3) is 2.60. The molecule has 0 fully saturated rings. The van der Waals surface area contributed by atoms with Crippen LogP contribution in [-0.4, -0.2) is 25.5 Å². The Hall–Kier alpha value is -2.61. The second kappa shape index (κ2) is 5.64. The van der Waals surface area contributed by atoms with E-state index in [-0.39, 0.29) is 5.56 Å². The molecule has 0 bridgehead atoms. The molecule has 8 heteroatoms. The zero-order valence-corrected chi connectivity index (χ0v) is 12.8. The van der Waals surface area contributed by atoms with E-state index in [0.717, 1.165) is 17.0 Å². The van der Waals surface area contributed by atoms with Gasteiger partial charge in [0.2, 0.25) is 5.13 Å². The lowest BCUT2D eigenvalue weighted by molar-refractivity contribution is 0.102. The zero-order chi connectivity index (χ0) is 15.7. The highest BCUT2D eigenvalue weighted by atomic mass is 32.1. The van der Waals surface area contributed by atoms with Gasteiger partial charge in [0.05, 0.1) is 0 Å². The molecular weight excluding hydrogens is 302 g/mol. The summed E-state index contributed by atoms with van der Waals surface area (Å²) in [6.07, 6.45) is 3.68. The maximum Gasteiger partial charge on any atom is 0.270 e. The van der Waals surface area contributed by atoms with Crippen LogP contribution in [0.5, 0.6) is 0 Å². The van der Waals surface area contributed by atoms with Crippen molar-refractivity contribution in [1.29, 1.82) is 0 Å². The number of carbonyl (C=O) groups is 1. The van der Waals surface area contributed by atoms with Crippen LogP contribution in [0.4, 0.5) is 5.13 Å². The van der Waals surface area contributed by atoms with Gasteiger partial charge in [0.25, 0.3) is 11.5 Å². The van der Waals surface area contributed by atoms with Gasteiger partial charge in [-0.1, -0.05) is 24.3 Å². The third-order valence-electron chi connectivity index (χ3n) is 3.08. The van der Waals surface area contributed by atoms with Crippen LogP contribution in [0.2, 0.25) is 0 Å². The van der Waals surface area contributed by atoms with Crippen molar-refractivity contribution in [3.05, 3.63) is 51.0 Å². The van der Waals surface area contributed by atoms with Crippen LogP contribution in [0.3, 0.4) is 0 Å². The molecule has 0 aliphatic rings. The Morgan fingerprint density at radius 1 is 1.36 bits per heavy atom. The number of amides is 1. The molecule has 3 rings (SSSR count). The smallest absolute Gasteiger partial charge is 0.270 e. The van der Waals surface area contributed by atoms with E-state index in [9.17, 15) is 9.59 Å². The van der Waals surface area contributed by atoms with Crippen molar-refractivity contribution in [2.75, 3.05) is 5.32 Å². The molecule has 0 saturated carbocycles. The maximum atomic E-state index is 12.4. The SMILES string of the molecule is CCc1nnc(NC(=O)c2cnc3ccc(C)cn3c2=O)s1. The number of hydrogen-bond donors (Lipinski definition) is 1. The second-order valence-corrected chi connectivity index (χ2v) is 5.78. The number of aryl methyl sites for hydroxylation is 2. The number of fused-ring (bicyclic) bond motifs is 1. The first-order valence-electron chi connectivity index (χ1n) is 6.70. The first-order valence-corrected chi connectivity index (χ1v) is 7.52. The summed E-state index contributed by atoms with van der Waals surface area (Å²) >= 11 is 1.28. The van der Waals surface area contributed by atoms with E-state index in [0.29, 0.717) is 10.8 Å². The summed E-state index contributed by atoms with van der Waals surface area (Å²) in [5, 5.41) is 11.6. The maximum absolute atomic E-state index is 12.4. The minimum atomic E-state index is -0.535. The van der Waals surface area contributed by atoms with Crippen molar-refractivity contribution < 1.29 is 4.79 Å². The van der Waals surface area contributed by atoms with Crippen LogP contribution in [0.15, 0.2) is 29.3 Å². The lowest BCUT2D eigenvalue weighted by Gasteiger charge is -2.04. The number of hydrogen-bond acceptors (Lipinski definition) is 6. The van der Waals surface area contributed by atoms with Crippen LogP contribution in [0.25, 0.3) is 5.65 Å². The molecular formula is C14H13N5O2S. The van der Waals surface area contributed by atoms with E-state index >= 15 is 0 Å². The lowest BCUT2D eigenvalue weighted by atomic mass is 10.3. The number of anilines is 1. The van der Waals surface area contributed by atoms with Gasteiger partial charge in [0, 0.05) is 12.4 Å². The van der Waals surface area contributed by atoms with Gasteiger partial charge in [-0.05, 0) is 25.0 Å². The van der Waals surface area contributed by atoms with Gasteiger partial charge in [0.15, 0.2) is 0 Å². The van der Waals surface area contributed by atoms with Crippen LogP contribution in [0.1, 0.15) is 27.9 Å². The quantitative estimate of drug-likeness (QED) is 0.794. The van der Waals surface area contributed by atoms with E-state index in [1.807, 2.05) is 19.9 Å². The first kappa shape index (κ1) is 14.3. The summed E-state index contributed by atoms with van der Waals surface area (Å²) < 4.78 is 1.36. The minimum absolute atomic E-state index is 0.0312. The molecule has 0 aliphatic heterocycles. The van der Waals surface area contributed by atoms with Crippen LogP contribution in [0, 0.1) is 6.92 Å². The van der Waals surface area contributed by atoms with Crippen molar-refractivity contribution in [3.63, 3.8) is 0 Å². The predicted octanol–water partition coefficient (Wildman–Crippen LogP) is 1.67. The van der Waals surface area contributed by atoms with E-state index in [2.05, 4.69) is 20.5 Å². The molecule has 1 N–H and O–H groups in total. The average Bonchev–Trinajstić information content (AvgIpc) is 2.95. The highest BCUT2D eigenvalue weighted by molar-refractivity contribution is 7.15. The van der Waals surface area contributed by atoms with Crippen molar-refractivity contribution in [1.82, 2.24) is 19.6 Å². The van der Waals surface area contributed by atoms with Gasteiger partial charge < -0.3 is 0 Å². The number of nitrogens with one attached hydrogen (secondary N) is 1. The molecule has 0 aliphatic carbocycles. The lowest BCUT2D eigenvalue weighted by Crippen LogP contribution is -2.26. The summed E-state index contributed by atoms with van der Waals surface area (Å²) in [6.45, 7) is 3.82. The Kier molecular flexibility index (Phi) is 3.68. The summed E-state index contributed by atoms with van der Waals surface area (Å²) in [7, 11) is 0. The topological polar surface area (TPSA) is 89.2 Å². The average molecular weight is 315 g/mol. The van der Waals surface area contributed by atoms with Gasteiger partial charge in [-0.2, -0.15) is 0 Å². The van der Waals surface area contributed by atoms with E-state index in [4.69, 9.17) is 0 Å². The van der Waals surface area contributed by atoms with E-state index < -0.39 is 11.5 Å². The Morgan fingerprint density at radius 3 is 2.91 bits per heavy atom. The third-order valence-corrected chi connectivity index (χ3v) is 4.07. The summed E-state index contributed by atoms with van der Waals surface area (Å²) in [4.78, 5) is 28.8. The molecule has 22 heavy (non-hydrogen) atoms. The van der Waals surface area contributed by atoms with Crippen molar-refractivity contribution >= 4 is 28.0 Å². The molecule has 0 unspecified atom stereocenters. The molecule has 3 heterocycles. The van der Waals surface area contributed by atoms with Gasteiger partial charge in [-0.25, -0.2) is 4.98 Å². The van der Waals surface area contributed by atoms with Crippen molar-refractivity contribution in [2.45, 2.75) is 20.3 Å². The second-order valence-electron chi connectivity index (χ2n) is 4.72. The highest BCUT2D eigenvalue weighted by Crippen LogP contribution is 2.15. The van der Waals surface area contributed by atoms with Crippen molar-refractivity contribution in [2.24, 2.45) is 0 Å². The number of aromatic nitrogens is 4. The molecule has 0 atom stereocenters. The molecule has 112 valence electrons. The van der Waals surface area contributed by atoms with Gasteiger partial charge in [-0.3, -0.25) is 19.3 Å². The first-order chi connectivity index (χ1) is 10.6. The van der Waals surface area contributed by atoms with Crippen molar-refractivity contribution in [3.8, 4) is 0 Å². The van der Waals surface area contributed by atoms with Gasteiger partial charge >= 0.3 is 0 Å². The minimum Gasteiger partial charge on any atom is -0.296 e. The fraction of sp³-hybridized carbons (Fsp3) is 0.214. The standard InChI is InChI=1S/C14H13N5O2S/c1-3-11-17-18-14(22-11)16-12(20)9-6-15-10-5-4-8(2)7-19(10)13(9)21/h4-7H,3H2,1-2H3,(H,16,18,20). The fourth-order valence-corrected chi connectivity index (χ4v) is 2.62. The Bertz CT molecular complexity index is 915. The monoisotopic (exact) mass is 315 g/mol. The van der Waals surface area contributed by atoms with Gasteiger partial charge in [-0.15, -0.1) is 10.2 Å². The molecule has 0 saturated heterocycles. The molecule has 7 nitrogen and oxygen atoms in total. The molecule has 0 aromatic carbocycles. The predicted molar refractivity (Wildman–Crippen MR) is 83.4 cm³/mol. The molecule has 1 amide bonds. The Balaban J connectivity index is 1.97. The molecule has 3 aromatic heterocycles. The van der Waals surface area contributed by atoms with Crippen LogP contribution < -0.4 is 10.9 Å². The highest BCUT2D eigenvalue weighted by Gasteiger charge is 2.15. The summed E-state index contributed by atoms with van der Waals surface area (Å²) in [6, 6.07) is 3.59. The number of carbonyl (C=O) groups excluding carboxylic acids is 1. The number of pyridine rings is 1. The van der Waals surface area contributed by atoms with Gasteiger partial charge in [0.1, 0.15) is 16.2 Å². The van der Waals surface area contributed by atoms with E-state index in [1.54, 1.807) is 12.3 Å². The molecule has 3 aromatic rings. The number of rotatable bonds is 3. The molecule has 0 spiro atoms. The summed E-state index contributed by atoms with van der Waals surface area (Å²) in [5.41, 5.74) is 0.963. The Labute approximate surface area is 129 Å². The summed E-state index contributed by atoms with van der Waals surface area (Å²) in [5.74, 6) is -0.535.